The molecule has 10 atom stereocenters. The van der Waals surface area contributed by atoms with Crippen molar-refractivity contribution in [2.75, 3.05) is 7.11 Å². The molecular weight excluding hydrogens is 382 g/mol. The van der Waals surface area contributed by atoms with Crippen molar-refractivity contribution >= 4 is 0 Å². The van der Waals surface area contributed by atoms with Crippen molar-refractivity contribution in [2.45, 2.75) is 91.3 Å². The van der Waals surface area contributed by atoms with Crippen LogP contribution in [0.15, 0.2) is 18.3 Å². The summed E-state index contributed by atoms with van der Waals surface area (Å²) in [6.45, 7) is 9.63. The minimum Gasteiger partial charge on any atom is -0.489 e. The van der Waals surface area contributed by atoms with E-state index in [0.29, 0.717) is 28.3 Å². The number of nitrogens with zero attached hydrogens (tertiary/aromatic N) is 1. The average molecular weight is 424 g/mol. The summed E-state index contributed by atoms with van der Waals surface area (Å²) in [5, 5.41) is 0. The van der Waals surface area contributed by atoms with E-state index in [-0.39, 0.29) is 6.10 Å². The van der Waals surface area contributed by atoms with Crippen molar-refractivity contribution in [3.63, 3.8) is 0 Å². The Hall–Kier alpha value is -1.09. The van der Waals surface area contributed by atoms with Gasteiger partial charge in [-0.1, -0.05) is 13.8 Å². The first kappa shape index (κ1) is 20.5. The number of rotatable bonds is 4. The highest BCUT2D eigenvalue weighted by atomic mass is 16.5. The van der Waals surface area contributed by atoms with Gasteiger partial charge >= 0.3 is 0 Å². The molecule has 3 heteroatoms. The molecule has 5 aliphatic carbocycles. The monoisotopic (exact) mass is 423 g/mol. The predicted molar refractivity (Wildman–Crippen MR) is 123 cm³/mol. The van der Waals surface area contributed by atoms with Crippen LogP contribution in [0.3, 0.4) is 0 Å². The number of ether oxygens (including phenoxy) is 2. The van der Waals surface area contributed by atoms with Crippen LogP contribution in [-0.2, 0) is 4.74 Å². The maximum absolute atomic E-state index is 6.47. The van der Waals surface area contributed by atoms with Crippen LogP contribution in [0.2, 0.25) is 0 Å². The quantitative estimate of drug-likeness (QED) is 0.558. The second-order valence-electron chi connectivity index (χ2n) is 12.4. The number of pyridine rings is 1. The standard InChI is InChI=1S/C28H41NO2/c1-17-6-7-20(16-29-17)31-18(2)22-8-9-23-21-14-25(30-5)28-15-19(28)10-13-27(28,4)24(21)11-12-26(22,23)3/h6-7,16,18-19,21-25H,8-15H2,1-5H3/t18-,19+,21-,22+,23-,24-,25?,26+,27+,28?/m0/s1. The highest BCUT2D eigenvalue weighted by molar-refractivity contribution is 5.26. The van der Waals surface area contributed by atoms with Crippen LogP contribution in [0, 0.1) is 52.8 Å². The molecule has 3 nitrogen and oxygen atoms in total. The van der Waals surface area contributed by atoms with Crippen LogP contribution < -0.4 is 4.74 Å². The summed E-state index contributed by atoms with van der Waals surface area (Å²) >= 11 is 0. The van der Waals surface area contributed by atoms with Gasteiger partial charge in [0.05, 0.1) is 18.4 Å². The van der Waals surface area contributed by atoms with E-state index >= 15 is 0 Å². The SMILES string of the molecule is COC1C[C@H]2[C@@H]3CC[C@H]([C@H](C)Oc4ccc(C)nc4)[C@@]3(C)CC[C@@H]2[C@@]2(C)CC[C@@H]3CC132. The van der Waals surface area contributed by atoms with Gasteiger partial charge in [-0.05, 0) is 112 Å². The van der Waals surface area contributed by atoms with Gasteiger partial charge in [0, 0.05) is 24.1 Å². The molecule has 5 aliphatic rings. The molecule has 170 valence electrons. The number of aromatic nitrogens is 1. The molecule has 2 unspecified atom stereocenters. The lowest BCUT2D eigenvalue weighted by Gasteiger charge is -2.61. The molecule has 0 aromatic carbocycles. The zero-order valence-corrected chi connectivity index (χ0v) is 20.2. The number of aryl methyl sites for hydroxylation is 1. The highest BCUT2D eigenvalue weighted by Gasteiger charge is 2.77. The minimum atomic E-state index is 0.249. The van der Waals surface area contributed by atoms with E-state index in [1.165, 1.54) is 51.4 Å². The average Bonchev–Trinajstić information content (AvgIpc) is 3.26. The van der Waals surface area contributed by atoms with E-state index in [0.717, 1.165) is 35.1 Å². The zero-order chi connectivity index (χ0) is 21.6. The van der Waals surface area contributed by atoms with Gasteiger partial charge in [0.25, 0.3) is 0 Å². The van der Waals surface area contributed by atoms with Crippen molar-refractivity contribution in [2.24, 2.45) is 45.8 Å². The molecule has 0 radical (unpaired) electrons. The summed E-state index contributed by atoms with van der Waals surface area (Å²) in [5.41, 5.74) is 2.51. The second-order valence-corrected chi connectivity index (χ2v) is 12.4. The second kappa shape index (κ2) is 6.72. The van der Waals surface area contributed by atoms with Gasteiger partial charge in [0.15, 0.2) is 0 Å². The Morgan fingerprint density at radius 3 is 2.61 bits per heavy atom. The molecular formula is C28H41NO2. The molecule has 5 fully saturated rings. The van der Waals surface area contributed by atoms with Gasteiger partial charge in [0.1, 0.15) is 5.75 Å². The Kier molecular flexibility index (Phi) is 4.44. The van der Waals surface area contributed by atoms with E-state index in [4.69, 9.17) is 9.47 Å². The van der Waals surface area contributed by atoms with Crippen molar-refractivity contribution in [1.29, 1.82) is 0 Å². The van der Waals surface area contributed by atoms with Crippen LogP contribution in [0.25, 0.3) is 0 Å². The molecule has 0 N–H and O–H groups in total. The fraction of sp³-hybridized carbons (Fsp3) is 0.821. The van der Waals surface area contributed by atoms with Crippen molar-refractivity contribution in [1.82, 2.24) is 4.98 Å². The third-order valence-corrected chi connectivity index (χ3v) is 11.7. The first-order valence-electron chi connectivity index (χ1n) is 13.0. The number of fused-ring (bicyclic) bond motifs is 4. The normalized spacial score (nSPS) is 50.7. The van der Waals surface area contributed by atoms with Crippen molar-refractivity contribution in [3.8, 4) is 5.75 Å². The van der Waals surface area contributed by atoms with Gasteiger partial charge in [0.2, 0.25) is 0 Å². The Morgan fingerprint density at radius 2 is 1.90 bits per heavy atom. The molecule has 6 rings (SSSR count). The predicted octanol–water partition coefficient (Wildman–Crippen LogP) is 6.44. The molecule has 1 aromatic rings. The molecule has 0 saturated heterocycles. The third-order valence-electron chi connectivity index (χ3n) is 11.7. The van der Waals surface area contributed by atoms with E-state index in [1.807, 2.05) is 20.2 Å². The maximum Gasteiger partial charge on any atom is 0.138 e. The molecule has 0 bridgehead atoms. The summed E-state index contributed by atoms with van der Waals surface area (Å²) in [5.74, 6) is 5.13. The van der Waals surface area contributed by atoms with Crippen molar-refractivity contribution in [3.05, 3.63) is 24.0 Å². The molecule has 1 spiro atoms. The van der Waals surface area contributed by atoms with E-state index in [1.54, 1.807) is 0 Å². The van der Waals surface area contributed by atoms with Crippen LogP contribution >= 0.6 is 0 Å². The van der Waals surface area contributed by atoms with E-state index < -0.39 is 0 Å². The smallest absolute Gasteiger partial charge is 0.138 e. The summed E-state index contributed by atoms with van der Waals surface area (Å²) in [6, 6.07) is 4.14. The molecule has 0 amide bonds. The largest absolute Gasteiger partial charge is 0.489 e. The molecule has 5 saturated carbocycles. The van der Waals surface area contributed by atoms with Crippen LogP contribution in [0.1, 0.15) is 77.8 Å². The third kappa shape index (κ3) is 2.59. The van der Waals surface area contributed by atoms with Gasteiger partial charge in [-0.2, -0.15) is 0 Å². The Balaban J connectivity index is 1.25. The number of hydrogen-bond donors (Lipinski definition) is 0. The first-order valence-corrected chi connectivity index (χ1v) is 13.0. The van der Waals surface area contributed by atoms with Gasteiger partial charge < -0.3 is 9.47 Å². The maximum atomic E-state index is 6.47. The molecule has 31 heavy (non-hydrogen) atoms. The Morgan fingerprint density at radius 1 is 1.06 bits per heavy atom. The number of hydrogen-bond acceptors (Lipinski definition) is 3. The molecule has 1 aromatic heterocycles. The number of methoxy groups -OCH3 is 1. The fourth-order valence-electron chi connectivity index (χ4n) is 10.2. The van der Waals surface area contributed by atoms with Gasteiger partial charge in [-0.25, -0.2) is 0 Å². The lowest BCUT2D eigenvalue weighted by atomic mass is 9.45. The van der Waals surface area contributed by atoms with Gasteiger partial charge in [-0.15, -0.1) is 0 Å². The fourth-order valence-corrected chi connectivity index (χ4v) is 10.2. The van der Waals surface area contributed by atoms with Gasteiger partial charge in [-0.3, -0.25) is 4.98 Å². The van der Waals surface area contributed by atoms with Crippen LogP contribution in [-0.4, -0.2) is 24.3 Å². The topological polar surface area (TPSA) is 31.4 Å². The summed E-state index contributed by atoms with van der Waals surface area (Å²) in [6.07, 6.45) is 13.8. The highest BCUT2D eigenvalue weighted by Crippen LogP contribution is 2.82. The lowest BCUT2D eigenvalue weighted by molar-refractivity contribution is -0.162. The molecule has 1 heterocycles. The van der Waals surface area contributed by atoms with E-state index in [9.17, 15) is 0 Å². The minimum absolute atomic E-state index is 0.249. The summed E-state index contributed by atoms with van der Waals surface area (Å²) in [4.78, 5) is 4.44. The van der Waals surface area contributed by atoms with Crippen LogP contribution in [0.5, 0.6) is 5.75 Å². The summed E-state index contributed by atoms with van der Waals surface area (Å²) < 4.78 is 12.7. The molecule has 0 aliphatic heterocycles. The van der Waals surface area contributed by atoms with Crippen LogP contribution in [0.4, 0.5) is 0 Å². The summed E-state index contributed by atoms with van der Waals surface area (Å²) in [7, 11) is 2.00. The zero-order valence-electron chi connectivity index (χ0n) is 20.2. The lowest BCUT2D eigenvalue weighted by Crippen LogP contribution is -2.57. The first-order chi connectivity index (χ1) is 14.8. The van der Waals surface area contributed by atoms with E-state index in [2.05, 4.69) is 37.9 Å². The Bertz CT molecular complexity index is 853. The van der Waals surface area contributed by atoms with Crippen molar-refractivity contribution < 1.29 is 9.47 Å². The Labute approximate surface area is 188 Å².